The lowest BCUT2D eigenvalue weighted by Gasteiger charge is -2.37. The van der Waals surface area contributed by atoms with Crippen LogP contribution in [0.2, 0.25) is 0 Å². The number of anilines is 1. The summed E-state index contributed by atoms with van der Waals surface area (Å²) in [5.41, 5.74) is 0.0147. The van der Waals surface area contributed by atoms with Gasteiger partial charge in [0.15, 0.2) is 0 Å². The summed E-state index contributed by atoms with van der Waals surface area (Å²) in [6.45, 7) is 14.4. The molecule has 5 nitrogen and oxygen atoms in total. The molecule has 20 heavy (non-hydrogen) atoms. The monoisotopic (exact) mass is 298 g/mol. The van der Waals surface area contributed by atoms with Gasteiger partial charge in [0.2, 0.25) is 5.13 Å². The van der Waals surface area contributed by atoms with Crippen molar-refractivity contribution < 1.29 is 4.74 Å². The normalized spacial score (nSPS) is 22.8. The Labute approximate surface area is 125 Å². The lowest BCUT2D eigenvalue weighted by molar-refractivity contribution is -0.0159. The van der Waals surface area contributed by atoms with Crippen LogP contribution in [0.3, 0.4) is 0 Å². The molecule has 0 amide bonds. The Morgan fingerprint density at radius 3 is 2.85 bits per heavy atom. The number of rotatable bonds is 4. The predicted octanol–water partition coefficient (Wildman–Crippen LogP) is 2.36. The Morgan fingerprint density at radius 2 is 2.25 bits per heavy atom. The third-order valence-electron chi connectivity index (χ3n) is 3.63. The Balaban J connectivity index is 1.86. The van der Waals surface area contributed by atoms with E-state index in [4.69, 9.17) is 4.74 Å². The summed E-state index contributed by atoms with van der Waals surface area (Å²) < 4.78 is 9.91. The van der Waals surface area contributed by atoms with Crippen LogP contribution in [0.5, 0.6) is 0 Å². The molecule has 0 radical (unpaired) electrons. The van der Waals surface area contributed by atoms with Crippen LogP contribution in [0.1, 0.15) is 40.4 Å². The third kappa shape index (κ3) is 3.90. The number of morpholine rings is 1. The number of ether oxygens (including phenoxy) is 1. The van der Waals surface area contributed by atoms with Gasteiger partial charge in [-0.2, -0.15) is 4.37 Å². The van der Waals surface area contributed by atoms with Crippen LogP contribution in [-0.4, -0.2) is 52.6 Å². The molecule has 0 bridgehead atoms. The maximum Gasteiger partial charge on any atom is 0.202 e. The minimum absolute atomic E-state index is 0.0147. The molecule has 1 fully saturated rings. The molecule has 2 atom stereocenters. The van der Waals surface area contributed by atoms with E-state index in [1.165, 1.54) is 11.5 Å². The van der Waals surface area contributed by atoms with Crippen LogP contribution in [0.4, 0.5) is 5.13 Å². The molecule has 1 aliphatic rings. The molecule has 2 heterocycles. The van der Waals surface area contributed by atoms with E-state index in [0.717, 1.165) is 37.3 Å². The van der Waals surface area contributed by atoms with Crippen LogP contribution < -0.4 is 5.32 Å². The van der Waals surface area contributed by atoms with Crippen molar-refractivity contribution in [3.63, 3.8) is 0 Å². The van der Waals surface area contributed by atoms with Gasteiger partial charge >= 0.3 is 0 Å². The molecule has 0 saturated carbocycles. The first-order valence-corrected chi connectivity index (χ1v) is 8.07. The van der Waals surface area contributed by atoms with E-state index in [1.807, 2.05) is 0 Å². The molecule has 0 aliphatic carbocycles. The number of nitrogens with one attached hydrogen (secondary N) is 1. The van der Waals surface area contributed by atoms with E-state index in [0.29, 0.717) is 12.1 Å². The van der Waals surface area contributed by atoms with Crippen molar-refractivity contribution in [1.29, 1.82) is 0 Å². The molecule has 1 saturated heterocycles. The number of nitrogens with zero attached hydrogens (tertiary/aromatic N) is 3. The summed E-state index contributed by atoms with van der Waals surface area (Å²) in [5, 5.41) is 4.34. The van der Waals surface area contributed by atoms with Crippen molar-refractivity contribution in [2.24, 2.45) is 0 Å². The smallest absolute Gasteiger partial charge is 0.202 e. The van der Waals surface area contributed by atoms with Gasteiger partial charge in [0.05, 0.1) is 13.2 Å². The molecule has 1 aliphatic heterocycles. The fraction of sp³-hybridized carbons (Fsp3) is 0.857. The molecule has 1 aromatic heterocycles. The SMILES string of the molecule is CC(CNc1nc(C(C)(C)C)ns1)N1CCOCC1C. The van der Waals surface area contributed by atoms with Crippen molar-refractivity contribution in [3.8, 4) is 0 Å². The van der Waals surface area contributed by atoms with Crippen LogP contribution in [0.25, 0.3) is 0 Å². The zero-order valence-electron chi connectivity index (χ0n) is 13.1. The first kappa shape index (κ1) is 15.7. The third-order valence-corrected chi connectivity index (χ3v) is 4.30. The van der Waals surface area contributed by atoms with Gasteiger partial charge in [-0.25, -0.2) is 4.98 Å². The summed E-state index contributed by atoms with van der Waals surface area (Å²) in [6.07, 6.45) is 0. The Bertz CT molecular complexity index is 429. The second-order valence-corrected chi connectivity index (χ2v) is 7.32. The molecule has 2 unspecified atom stereocenters. The standard InChI is InChI=1S/C14H26N4OS/c1-10(18-6-7-19-9-11(18)2)8-15-13-16-12(17-20-13)14(3,4)5/h10-11H,6-9H2,1-5H3,(H,15,16,17). The fourth-order valence-corrected chi connectivity index (χ4v) is 3.11. The highest BCUT2D eigenvalue weighted by Gasteiger charge is 2.24. The van der Waals surface area contributed by atoms with Crippen LogP contribution >= 0.6 is 11.5 Å². The van der Waals surface area contributed by atoms with Gasteiger partial charge in [0.1, 0.15) is 5.82 Å². The van der Waals surface area contributed by atoms with E-state index < -0.39 is 0 Å². The van der Waals surface area contributed by atoms with Gasteiger partial charge in [-0.05, 0) is 13.8 Å². The molecular weight excluding hydrogens is 272 g/mol. The molecule has 0 spiro atoms. The van der Waals surface area contributed by atoms with Crippen molar-refractivity contribution >= 4 is 16.7 Å². The molecule has 1 aromatic rings. The summed E-state index contributed by atoms with van der Waals surface area (Å²) in [5.74, 6) is 0.914. The maximum atomic E-state index is 5.48. The highest BCUT2D eigenvalue weighted by molar-refractivity contribution is 7.09. The van der Waals surface area contributed by atoms with Gasteiger partial charge < -0.3 is 10.1 Å². The lowest BCUT2D eigenvalue weighted by atomic mass is 9.96. The minimum Gasteiger partial charge on any atom is -0.379 e. The van der Waals surface area contributed by atoms with Crippen LogP contribution in [-0.2, 0) is 10.2 Å². The van der Waals surface area contributed by atoms with E-state index in [2.05, 4.69) is 54.2 Å². The summed E-state index contributed by atoms with van der Waals surface area (Å²) >= 11 is 1.45. The van der Waals surface area contributed by atoms with Crippen molar-refractivity contribution in [2.75, 3.05) is 31.6 Å². The molecular formula is C14H26N4OS. The Hall–Kier alpha value is -0.720. The molecule has 114 valence electrons. The van der Waals surface area contributed by atoms with Crippen molar-refractivity contribution in [2.45, 2.75) is 52.1 Å². The molecule has 6 heteroatoms. The Morgan fingerprint density at radius 1 is 1.50 bits per heavy atom. The van der Waals surface area contributed by atoms with Crippen molar-refractivity contribution in [3.05, 3.63) is 5.82 Å². The first-order chi connectivity index (χ1) is 9.38. The van der Waals surface area contributed by atoms with Gasteiger partial charge in [0.25, 0.3) is 0 Å². The van der Waals surface area contributed by atoms with E-state index in [1.54, 1.807) is 0 Å². The highest BCUT2D eigenvalue weighted by Crippen LogP contribution is 2.23. The van der Waals surface area contributed by atoms with Crippen LogP contribution in [0, 0.1) is 0 Å². The largest absolute Gasteiger partial charge is 0.379 e. The average Bonchev–Trinajstić information content (AvgIpc) is 2.85. The van der Waals surface area contributed by atoms with Gasteiger partial charge in [-0.15, -0.1) is 0 Å². The van der Waals surface area contributed by atoms with Gasteiger partial charge in [0, 0.05) is 42.1 Å². The topological polar surface area (TPSA) is 50.3 Å². The first-order valence-electron chi connectivity index (χ1n) is 7.29. The summed E-state index contributed by atoms with van der Waals surface area (Å²) in [6, 6.07) is 0.955. The van der Waals surface area contributed by atoms with Gasteiger partial charge in [-0.3, -0.25) is 4.90 Å². The van der Waals surface area contributed by atoms with Gasteiger partial charge in [-0.1, -0.05) is 20.8 Å². The van der Waals surface area contributed by atoms with E-state index in [-0.39, 0.29) is 5.41 Å². The van der Waals surface area contributed by atoms with Crippen molar-refractivity contribution in [1.82, 2.24) is 14.3 Å². The zero-order chi connectivity index (χ0) is 14.8. The summed E-state index contributed by atoms with van der Waals surface area (Å²) in [7, 11) is 0. The average molecular weight is 298 g/mol. The van der Waals surface area contributed by atoms with E-state index >= 15 is 0 Å². The number of hydrogen-bond donors (Lipinski definition) is 1. The molecule has 0 aromatic carbocycles. The Kier molecular flexibility index (Phi) is 4.99. The minimum atomic E-state index is 0.0147. The lowest BCUT2D eigenvalue weighted by Crippen LogP contribution is -2.50. The highest BCUT2D eigenvalue weighted by atomic mass is 32.1. The number of hydrogen-bond acceptors (Lipinski definition) is 6. The summed E-state index contributed by atoms with van der Waals surface area (Å²) in [4.78, 5) is 7.06. The second kappa shape index (κ2) is 6.37. The fourth-order valence-electron chi connectivity index (χ4n) is 2.35. The zero-order valence-corrected chi connectivity index (χ0v) is 14.0. The van der Waals surface area contributed by atoms with E-state index in [9.17, 15) is 0 Å². The maximum absolute atomic E-state index is 5.48. The van der Waals surface area contributed by atoms with Crippen LogP contribution in [0.15, 0.2) is 0 Å². The predicted molar refractivity (Wildman–Crippen MR) is 83.5 cm³/mol. The number of aromatic nitrogens is 2. The quantitative estimate of drug-likeness (QED) is 0.925. The second-order valence-electron chi connectivity index (χ2n) is 6.56. The molecule has 2 rings (SSSR count). The molecule has 1 N–H and O–H groups in total.